The van der Waals surface area contributed by atoms with E-state index < -0.39 is 6.09 Å². The van der Waals surface area contributed by atoms with Crippen molar-refractivity contribution < 1.29 is 14.3 Å². The zero-order valence-corrected chi connectivity index (χ0v) is 18.2. The van der Waals surface area contributed by atoms with Crippen molar-refractivity contribution in [3.05, 3.63) is 99.4 Å². The van der Waals surface area contributed by atoms with Crippen LogP contribution in [0.3, 0.4) is 0 Å². The molecule has 3 rings (SSSR count). The lowest BCUT2D eigenvalue weighted by atomic mass is 10.2. The van der Waals surface area contributed by atoms with E-state index in [0.29, 0.717) is 30.2 Å². The molecule has 0 aliphatic rings. The van der Waals surface area contributed by atoms with Gasteiger partial charge in [0.05, 0.1) is 12.2 Å². The van der Waals surface area contributed by atoms with E-state index in [2.05, 4.69) is 10.6 Å². The van der Waals surface area contributed by atoms with E-state index in [1.54, 1.807) is 18.3 Å². The second-order valence-corrected chi connectivity index (χ2v) is 7.52. The number of rotatable bonds is 9. The number of benzene rings is 2. The first kappa shape index (κ1) is 23.1. The maximum absolute atomic E-state index is 12.2. The molecule has 2 aromatic carbocycles. The Balaban J connectivity index is 1.41. The molecule has 0 aliphatic heterocycles. The zero-order chi connectivity index (χ0) is 22.8. The molecule has 2 N–H and O–H groups in total. The van der Waals surface area contributed by atoms with Crippen molar-refractivity contribution >= 4 is 29.3 Å². The first-order valence-corrected chi connectivity index (χ1v) is 10.6. The molecule has 1 heterocycles. The van der Waals surface area contributed by atoms with Crippen LogP contribution >= 0.6 is 11.6 Å². The predicted octanol–water partition coefficient (Wildman–Crippen LogP) is 4.20. The summed E-state index contributed by atoms with van der Waals surface area (Å²) in [6.07, 6.45) is 1.72. The lowest BCUT2D eigenvalue weighted by Gasteiger charge is -2.11. The Morgan fingerprint density at radius 2 is 1.72 bits per heavy atom. The number of carbonyl (C=O) groups excluding carboxylic acids is 2. The number of pyridine rings is 1. The quantitative estimate of drug-likeness (QED) is 0.475. The number of hydrogen-bond acceptors (Lipinski definition) is 4. The Hall–Kier alpha value is -3.58. The fourth-order valence-corrected chi connectivity index (χ4v) is 3.17. The van der Waals surface area contributed by atoms with E-state index >= 15 is 0 Å². The number of aromatic nitrogens is 1. The topological polar surface area (TPSA) is 89.4 Å². The SMILES string of the molecule is O=C(CCCNC(=O)OCc1ccccc1)Nc1ccc(=O)n(Cc2ccccc2Cl)c1. The zero-order valence-electron chi connectivity index (χ0n) is 17.4. The average Bonchev–Trinajstić information content (AvgIpc) is 2.80. The number of nitrogens with one attached hydrogen (secondary N) is 2. The first-order chi connectivity index (χ1) is 15.5. The highest BCUT2D eigenvalue weighted by Crippen LogP contribution is 2.16. The Labute approximate surface area is 191 Å². The van der Waals surface area contributed by atoms with Gasteiger partial charge in [-0.15, -0.1) is 0 Å². The van der Waals surface area contributed by atoms with Gasteiger partial charge in [-0.05, 0) is 29.7 Å². The van der Waals surface area contributed by atoms with Crippen LogP contribution in [0.4, 0.5) is 10.5 Å². The minimum absolute atomic E-state index is 0.192. The third-order valence-electron chi connectivity index (χ3n) is 4.63. The van der Waals surface area contributed by atoms with Crippen molar-refractivity contribution in [3.8, 4) is 0 Å². The van der Waals surface area contributed by atoms with Crippen molar-refractivity contribution in [3.63, 3.8) is 0 Å². The van der Waals surface area contributed by atoms with Crippen LogP contribution in [-0.2, 0) is 22.7 Å². The number of hydrogen-bond donors (Lipinski definition) is 2. The number of alkyl carbamates (subject to hydrolysis) is 1. The summed E-state index contributed by atoms with van der Waals surface area (Å²) in [5.41, 5.74) is 2.03. The lowest BCUT2D eigenvalue weighted by molar-refractivity contribution is -0.116. The summed E-state index contributed by atoms with van der Waals surface area (Å²) < 4.78 is 6.61. The van der Waals surface area contributed by atoms with Crippen LogP contribution in [0.1, 0.15) is 24.0 Å². The van der Waals surface area contributed by atoms with Gasteiger partial charge in [-0.25, -0.2) is 4.79 Å². The van der Waals surface area contributed by atoms with E-state index in [9.17, 15) is 14.4 Å². The van der Waals surface area contributed by atoms with Gasteiger partial charge in [-0.2, -0.15) is 0 Å². The summed E-state index contributed by atoms with van der Waals surface area (Å²) in [7, 11) is 0. The second-order valence-electron chi connectivity index (χ2n) is 7.12. The summed E-state index contributed by atoms with van der Waals surface area (Å²) >= 11 is 6.17. The molecule has 0 aliphatic carbocycles. The number of carbonyl (C=O) groups is 2. The van der Waals surface area contributed by atoms with Crippen LogP contribution in [0, 0.1) is 0 Å². The highest BCUT2D eigenvalue weighted by molar-refractivity contribution is 6.31. The van der Waals surface area contributed by atoms with Gasteiger partial charge in [0.15, 0.2) is 0 Å². The molecule has 0 fully saturated rings. The van der Waals surface area contributed by atoms with Crippen LogP contribution in [0.25, 0.3) is 0 Å². The Kier molecular flexibility index (Phi) is 8.45. The van der Waals surface area contributed by atoms with Gasteiger partial charge in [0.1, 0.15) is 6.61 Å². The van der Waals surface area contributed by atoms with E-state index in [-0.39, 0.29) is 24.5 Å². The molecule has 8 heteroatoms. The minimum Gasteiger partial charge on any atom is -0.445 e. The standard InChI is InChI=1S/C24H24ClN3O4/c25-21-10-5-4-9-19(21)15-28-16-20(12-13-23(28)30)27-22(29)11-6-14-26-24(31)32-17-18-7-2-1-3-8-18/h1-5,7-10,12-13,16H,6,11,14-15,17H2,(H,26,31)(H,27,29). The first-order valence-electron chi connectivity index (χ1n) is 10.2. The van der Waals surface area contributed by atoms with Gasteiger partial charge >= 0.3 is 6.09 Å². The molecule has 0 atom stereocenters. The summed E-state index contributed by atoms with van der Waals surface area (Å²) in [6.45, 7) is 0.807. The third-order valence-corrected chi connectivity index (χ3v) is 5.00. The molecule has 0 radical (unpaired) electrons. The number of nitrogens with zero attached hydrogens (tertiary/aromatic N) is 1. The fourth-order valence-electron chi connectivity index (χ4n) is 2.98. The van der Waals surface area contributed by atoms with Crippen LogP contribution < -0.4 is 16.2 Å². The van der Waals surface area contributed by atoms with Gasteiger partial charge in [0.25, 0.3) is 5.56 Å². The summed E-state index contributed by atoms with van der Waals surface area (Å²) in [5, 5.41) is 5.96. The maximum Gasteiger partial charge on any atom is 0.407 e. The third kappa shape index (κ3) is 7.28. The fraction of sp³-hybridized carbons (Fsp3) is 0.208. The van der Waals surface area contributed by atoms with Crippen molar-refractivity contribution in [1.29, 1.82) is 0 Å². The normalized spacial score (nSPS) is 10.4. The smallest absolute Gasteiger partial charge is 0.407 e. The van der Waals surface area contributed by atoms with Crippen molar-refractivity contribution in [1.82, 2.24) is 9.88 Å². The van der Waals surface area contributed by atoms with Crippen molar-refractivity contribution in [2.45, 2.75) is 26.0 Å². The number of anilines is 1. The van der Waals surface area contributed by atoms with Crippen LogP contribution in [0.15, 0.2) is 77.7 Å². The van der Waals surface area contributed by atoms with Crippen molar-refractivity contribution in [2.24, 2.45) is 0 Å². The van der Waals surface area contributed by atoms with Crippen LogP contribution in [0.5, 0.6) is 0 Å². The molecule has 0 saturated carbocycles. The maximum atomic E-state index is 12.2. The minimum atomic E-state index is -0.527. The van der Waals surface area contributed by atoms with Crippen molar-refractivity contribution in [2.75, 3.05) is 11.9 Å². The van der Waals surface area contributed by atoms with E-state index in [1.165, 1.54) is 10.6 Å². The second kappa shape index (κ2) is 11.7. The predicted molar refractivity (Wildman–Crippen MR) is 124 cm³/mol. The summed E-state index contributed by atoms with van der Waals surface area (Å²) in [4.78, 5) is 36.1. The van der Waals surface area contributed by atoms with E-state index in [4.69, 9.17) is 16.3 Å². The molecule has 0 spiro atoms. The van der Waals surface area contributed by atoms with E-state index in [0.717, 1.165) is 11.1 Å². The Bertz CT molecular complexity index is 1120. The molecule has 0 bridgehead atoms. The summed E-state index contributed by atoms with van der Waals surface area (Å²) in [5.74, 6) is -0.215. The molecular weight excluding hydrogens is 430 g/mol. The largest absolute Gasteiger partial charge is 0.445 e. The van der Waals surface area contributed by atoms with Crippen LogP contribution in [-0.4, -0.2) is 23.1 Å². The number of amides is 2. The van der Waals surface area contributed by atoms with Gasteiger partial charge in [-0.3, -0.25) is 9.59 Å². The van der Waals surface area contributed by atoms with Gasteiger partial charge in [0, 0.05) is 30.3 Å². The molecule has 32 heavy (non-hydrogen) atoms. The number of ether oxygens (including phenoxy) is 1. The van der Waals surface area contributed by atoms with Gasteiger partial charge < -0.3 is 19.9 Å². The van der Waals surface area contributed by atoms with Gasteiger partial charge in [0.2, 0.25) is 5.91 Å². The molecule has 3 aromatic rings. The molecule has 0 unspecified atom stereocenters. The Morgan fingerprint density at radius 3 is 2.50 bits per heavy atom. The molecule has 1 aromatic heterocycles. The average molecular weight is 454 g/mol. The molecule has 7 nitrogen and oxygen atoms in total. The number of halogens is 1. The molecule has 2 amide bonds. The highest BCUT2D eigenvalue weighted by Gasteiger charge is 2.07. The monoisotopic (exact) mass is 453 g/mol. The van der Waals surface area contributed by atoms with Gasteiger partial charge in [-0.1, -0.05) is 60.1 Å². The molecule has 0 saturated heterocycles. The van der Waals surface area contributed by atoms with Crippen LogP contribution in [0.2, 0.25) is 5.02 Å². The van der Waals surface area contributed by atoms with E-state index in [1.807, 2.05) is 48.5 Å². The lowest BCUT2D eigenvalue weighted by Crippen LogP contribution is -2.26. The summed E-state index contributed by atoms with van der Waals surface area (Å²) in [6, 6.07) is 19.6. The molecular formula is C24H24ClN3O4. The Morgan fingerprint density at radius 1 is 0.969 bits per heavy atom. The molecule has 166 valence electrons. The highest BCUT2D eigenvalue weighted by atomic mass is 35.5.